The molecule has 1 aromatic heterocycles. The smallest absolute Gasteiger partial charge is 0.293 e. The topological polar surface area (TPSA) is 101 Å². The molecule has 9 heteroatoms. The number of nitro benzene ring substituents is 1. The van der Waals surface area contributed by atoms with Crippen LogP contribution in [0.2, 0.25) is 0 Å². The zero-order valence-electron chi connectivity index (χ0n) is 13.8. The van der Waals surface area contributed by atoms with Crippen molar-refractivity contribution in [2.24, 2.45) is 0 Å². The predicted molar refractivity (Wildman–Crippen MR) is 102 cm³/mol. The van der Waals surface area contributed by atoms with Gasteiger partial charge in [-0.05, 0) is 30.3 Å². The number of hydrogen-bond acceptors (Lipinski definition) is 6. The Morgan fingerprint density at radius 2 is 2.04 bits per heavy atom. The van der Waals surface area contributed by atoms with E-state index in [1.54, 1.807) is 18.0 Å². The maximum absolute atomic E-state index is 11.8. The summed E-state index contributed by atoms with van der Waals surface area (Å²) in [7, 11) is 1.73. The Bertz CT molecular complexity index is 1000. The Morgan fingerprint density at radius 3 is 2.73 bits per heavy atom. The highest BCUT2D eigenvalue weighted by molar-refractivity contribution is 9.10. The third-order valence-corrected chi connectivity index (χ3v) is 4.38. The van der Waals surface area contributed by atoms with Crippen LogP contribution in [0.1, 0.15) is 0 Å². The third-order valence-electron chi connectivity index (χ3n) is 3.85. The quantitative estimate of drug-likeness (QED) is 0.487. The summed E-state index contributed by atoms with van der Waals surface area (Å²) in [5.74, 6) is 0.711. The molecule has 0 saturated carbocycles. The summed E-state index contributed by atoms with van der Waals surface area (Å²) in [6.07, 6.45) is 1.27. The zero-order chi connectivity index (χ0) is 18.7. The van der Waals surface area contributed by atoms with Crippen LogP contribution < -0.4 is 15.2 Å². The molecule has 134 valence electrons. The summed E-state index contributed by atoms with van der Waals surface area (Å²) in [5, 5.41) is 11.6. The van der Waals surface area contributed by atoms with Crippen LogP contribution in [0, 0.1) is 10.1 Å². The summed E-state index contributed by atoms with van der Waals surface area (Å²) < 4.78 is 6.61. The normalized spacial score (nSPS) is 10.7. The number of nitro groups is 1. The first-order valence-electron chi connectivity index (χ1n) is 7.71. The second-order valence-corrected chi connectivity index (χ2v) is 6.49. The number of ether oxygens (including phenoxy) is 1. The second-order valence-electron chi connectivity index (χ2n) is 5.57. The Labute approximate surface area is 156 Å². The number of nitrogens with one attached hydrogen (secondary N) is 1. The van der Waals surface area contributed by atoms with E-state index < -0.39 is 10.5 Å². The van der Waals surface area contributed by atoms with E-state index >= 15 is 0 Å². The number of H-pyrrole nitrogens is 1. The van der Waals surface area contributed by atoms with Crippen LogP contribution in [0.4, 0.5) is 11.4 Å². The van der Waals surface area contributed by atoms with E-state index in [-0.39, 0.29) is 11.1 Å². The standard InChI is InChI=1S/C17H15BrN4O4/c1-21(6-7-26-12-4-2-11(18)3-5-12)15-9-14-13(8-16(15)22(24)25)17(23)20-10-19-14/h2-5,8-10H,6-7H2,1H3,(H,19,20,23). The van der Waals surface area contributed by atoms with Crippen molar-refractivity contribution in [2.75, 3.05) is 25.1 Å². The molecule has 1 heterocycles. The van der Waals surface area contributed by atoms with Gasteiger partial charge in [0.15, 0.2) is 0 Å². The number of fused-ring (bicyclic) bond motifs is 1. The molecule has 0 fully saturated rings. The lowest BCUT2D eigenvalue weighted by Crippen LogP contribution is -2.24. The minimum Gasteiger partial charge on any atom is -0.492 e. The fourth-order valence-corrected chi connectivity index (χ4v) is 2.76. The van der Waals surface area contributed by atoms with Crippen LogP contribution in [0.5, 0.6) is 5.75 Å². The average Bonchev–Trinajstić information content (AvgIpc) is 2.62. The van der Waals surface area contributed by atoms with Crippen LogP contribution in [-0.2, 0) is 0 Å². The summed E-state index contributed by atoms with van der Waals surface area (Å²) in [5.41, 5.74) is 0.211. The molecule has 0 radical (unpaired) electrons. The molecule has 0 atom stereocenters. The first-order chi connectivity index (χ1) is 12.5. The highest BCUT2D eigenvalue weighted by Gasteiger charge is 2.20. The number of nitrogens with zero attached hydrogens (tertiary/aromatic N) is 3. The molecule has 0 amide bonds. The van der Waals surface area contributed by atoms with E-state index in [1.807, 2.05) is 24.3 Å². The summed E-state index contributed by atoms with van der Waals surface area (Å²) >= 11 is 3.36. The van der Waals surface area contributed by atoms with Gasteiger partial charge in [-0.1, -0.05) is 15.9 Å². The van der Waals surface area contributed by atoms with Crippen molar-refractivity contribution in [1.82, 2.24) is 9.97 Å². The van der Waals surface area contributed by atoms with Gasteiger partial charge in [0.05, 0.1) is 28.7 Å². The van der Waals surface area contributed by atoms with Crippen molar-refractivity contribution >= 4 is 38.2 Å². The summed E-state index contributed by atoms with van der Waals surface area (Å²) in [6, 6.07) is 10.2. The molecule has 1 N–H and O–H groups in total. The fourth-order valence-electron chi connectivity index (χ4n) is 2.50. The van der Waals surface area contributed by atoms with Gasteiger partial charge < -0.3 is 14.6 Å². The first-order valence-corrected chi connectivity index (χ1v) is 8.50. The molecular formula is C17H15BrN4O4. The third kappa shape index (κ3) is 3.83. The van der Waals surface area contributed by atoms with Gasteiger partial charge in [0.1, 0.15) is 18.0 Å². The zero-order valence-corrected chi connectivity index (χ0v) is 15.4. The highest BCUT2D eigenvalue weighted by atomic mass is 79.9. The maximum Gasteiger partial charge on any atom is 0.293 e. The van der Waals surface area contributed by atoms with E-state index in [1.165, 1.54) is 12.4 Å². The lowest BCUT2D eigenvalue weighted by atomic mass is 10.1. The Hall–Kier alpha value is -2.94. The van der Waals surface area contributed by atoms with Gasteiger partial charge in [0.2, 0.25) is 0 Å². The van der Waals surface area contributed by atoms with Crippen molar-refractivity contribution in [3.05, 3.63) is 67.7 Å². The number of benzene rings is 2. The molecule has 0 spiro atoms. The van der Waals surface area contributed by atoms with Gasteiger partial charge in [-0.2, -0.15) is 0 Å². The summed E-state index contributed by atoms with van der Waals surface area (Å²) in [6.45, 7) is 0.766. The molecule has 3 rings (SSSR count). The SMILES string of the molecule is CN(CCOc1ccc(Br)cc1)c1cc2nc[nH]c(=O)c2cc1[N+](=O)[O-]. The van der Waals surface area contributed by atoms with Crippen LogP contribution in [-0.4, -0.2) is 35.1 Å². The van der Waals surface area contributed by atoms with Gasteiger partial charge in [-0.25, -0.2) is 4.98 Å². The molecule has 0 aliphatic rings. The fraction of sp³-hybridized carbons (Fsp3) is 0.176. The average molecular weight is 419 g/mol. The number of hydrogen-bond donors (Lipinski definition) is 1. The maximum atomic E-state index is 11.8. The number of halogens is 1. The molecule has 0 unspecified atom stereocenters. The minimum atomic E-state index is -0.507. The van der Waals surface area contributed by atoms with Crippen LogP contribution in [0.3, 0.4) is 0 Å². The molecule has 26 heavy (non-hydrogen) atoms. The van der Waals surface area contributed by atoms with E-state index in [4.69, 9.17) is 4.74 Å². The number of rotatable bonds is 6. The van der Waals surface area contributed by atoms with E-state index in [0.717, 1.165) is 4.47 Å². The van der Waals surface area contributed by atoms with Gasteiger partial charge in [-0.15, -0.1) is 0 Å². The van der Waals surface area contributed by atoms with Crippen molar-refractivity contribution in [2.45, 2.75) is 0 Å². The minimum absolute atomic E-state index is 0.151. The first kappa shape index (κ1) is 17.9. The van der Waals surface area contributed by atoms with Crippen LogP contribution in [0.15, 0.2) is 52.0 Å². The second kappa shape index (κ2) is 7.52. The number of likely N-dealkylation sites (N-methyl/N-ethyl adjacent to an activating group) is 1. The van der Waals surface area contributed by atoms with Crippen molar-refractivity contribution in [3.63, 3.8) is 0 Å². The largest absolute Gasteiger partial charge is 0.492 e. The molecule has 0 saturated heterocycles. The van der Waals surface area contributed by atoms with Crippen molar-refractivity contribution in [3.8, 4) is 5.75 Å². The molecule has 2 aromatic carbocycles. The Kier molecular flexibility index (Phi) is 5.17. The monoisotopic (exact) mass is 418 g/mol. The highest BCUT2D eigenvalue weighted by Crippen LogP contribution is 2.30. The van der Waals surface area contributed by atoms with Gasteiger partial charge in [0.25, 0.3) is 11.2 Å². The van der Waals surface area contributed by atoms with Gasteiger partial charge >= 0.3 is 0 Å². The van der Waals surface area contributed by atoms with E-state index in [9.17, 15) is 14.9 Å². The van der Waals surface area contributed by atoms with E-state index in [2.05, 4.69) is 25.9 Å². The molecule has 0 bridgehead atoms. The molecule has 3 aromatic rings. The Morgan fingerprint density at radius 1 is 1.31 bits per heavy atom. The number of aromatic amines is 1. The van der Waals surface area contributed by atoms with Crippen LogP contribution in [0.25, 0.3) is 10.9 Å². The van der Waals surface area contributed by atoms with Gasteiger partial charge in [-0.3, -0.25) is 14.9 Å². The van der Waals surface area contributed by atoms with Crippen molar-refractivity contribution in [1.29, 1.82) is 0 Å². The lowest BCUT2D eigenvalue weighted by molar-refractivity contribution is -0.384. The van der Waals surface area contributed by atoms with Crippen molar-refractivity contribution < 1.29 is 9.66 Å². The summed E-state index contributed by atoms with van der Waals surface area (Å²) in [4.78, 5) is 31.0. The molecule has 0 aliphatic carbocycles. The van der Waals surface area contributed by atoms with E-state index in [0.29, 0.717) is 30.1 Å². The number of anilines is 1. The van der Waals surface area contributed by atoms with Crippen LogP contribution >= 0.6 is 15.9 Å². The molecule has 0 aliphatic heterocycles. The molecular weight excluding hydrogens is 404 g/mol. The Balaban J connectivity index is 1.81. The van der Waals surface area contributed by atoms with Gasteiger partial charge in [0, 0.05) is 17.6 Å². The lowest BCUT2D eigenvalue weighted by Gasteiger charge is -2.19. The number of aromatic nitrogens is 2. The molecule has 8 nitrogen and oxygen atoms in total. The predicted octanol–water partition coefficient (Wildman–Crippen LogP) is 3.11.